The highest BCUT2D eigenvalue weighted by Crippen LogP contribution is 2.18. The van der Waals surface area contributed by atoms with Crippen molar-refractivity contribution in [2.45, 2.75) is 45.8 Å². The van der Waals surface area contributed by atoms with Crippen LogP contribution in [0.2, 0.25) is 0 Å². The number of hydrogen-bond donors (Lipinski definition) is 2. The monoisotopic (exact) mass is 294 g/mol. The van der Waals surface area contributed by atoms with Gasteiger partial charge in [0.2, 0.25) is 0 Å². The molecule has 1 rings (SSSR count). The lowest BCUT2D eigenvalue weighted by atomic mass is 10.2. The molecule has 5 heteroatoms. The van der Waals surface area contributed by atoms with E-state index in [0.717, 1.165) is 12.1 Å². The molecule has 5 nitrogen and oxygen atoms in total. The molecular formula is C16H26N2O3. The molecule has 0 spiro atoms. The van der Waals surface area contributed by atoms with Crippen molar-refractivity contribution < 1.29 is 14.3 Å². The molecule has 0 aliphatic carbocycles. The van der Waals surface area contributed by atoms with Crippen molar-refractivity contribution in [2.75, 3.05) is 24.4 Å². The third kappa shape index (κ3) is 6.99. The number of amides is 1. The number of rotatable bonds is 6. The summed E-state index contributed by atoms with van der Waals surface area (Å²) < 4.78 is 10.4. The first kappa shape index (κ1) is 17.3. The summed E-state index contributed by atoms with van der Waals surface area (Å²) in [4.78, 5) is 11.7. The van der Waals surface area contributed by atoms with E-state index in [1.54, 1.807) is 7.11 Å². The predicted molar refractivity (Wildman–Crippen MR) is 85.9 cm³/mol. The summed E-state index contributed by atoms with van der Waals surface area (Å²) in [5.74, 6) is 0. The molecule has 0 radical (unpaired) electrons. The smallest absolute Gasteiger partial charge is 0.412 e. The van der Waals surface area contributed by atoms with Gasteiger partial charge in [0.1, 0.15) is 5.60 Å². The zero-order valence-corrected chi connectivity index (χ0v) is 13.5. The van der Waals surface area contributed by atoms with Crippen molar-refractivity contribution in [1.29, 1.82) is 0 Å². The fraction of sp³-hybridized carbons (Fsp3) is 0.562. The molecule has 1 aromatic rings. The Kier molecular flexibility index (Phi) is 6.49. The molecule has 1 unspecified atom stereocenters. The summed E-state index contributed by atoms with van der Waals surface area (Å²) in [7, 11) is 1.69. The number of carbonyl (C=O) groups excluding carboxylic acids is 1. The maximum absolute atomic E-state index is 11.7. The van der Waals surface area contributed by atoms with Crippen LogP contribution in [-0.4, -0.2) is 31.5 Å². The van der Waals surface area contributed by atoms with Crippen LogP contribution < -0.4 is 10.6 Å². The van der Waals surface area contributed by atoms with E-state index in [2.05, 4.69) is 17.6 Å². The van der Waals surface area contributed by atoms with Crippen LogP contribution in [0.15, 0.2) is 24.3 Å². The van der Waals surface area contributed by atoms with Crippen molar-refractivity contribution in [3.05, 3.63) is 24.3 Å². The van der Waals surface area contributed by atoms with Crippen LogP contribution in [0.5, 0.6) is 0 Å². The summed E-state index contributed by atoms with van der Waals surface area (Å²) in [6, 6.07) is 7.79. The van der Waals surface area contributed by atoms with Gasteiger partial charge in [-0.05, 0) is 45.4 Å². The first-order valence-corrected chi connectivity index (χ1v) is 7.19. The van der Waals surface area contributed by atoms with Gasteiger partial charge >= 0.3 is 6.09 Å². The molecule has 0 fully saturated rings. The van der Waals surface area contributed by atoms with Crippen LogP contribution in [0.1, 0.15) is 34.1 Å². The molecule has 0 aromatic heterocycles. The summed E-state index contributed by atoms with van der Waals surface area (Å²) in [6.07, 6.45) is 0.501. The van der Waals surface area contributed by atoms with Crippen LogP contribution >= 0.6 is 0 Å². The summed E-state index contributed by atoms with van der Waals surface area (Å²) in [5, 5.41) is 6.10. The van der Waals surface area contributed by atoms with E-state index in [9.17, 15) is 4.79 Å². The highest BCUT2D eigenvalue weighted by Gasteiger charge is 2.16. The standard InChI is InChI=1S/C16H26N2O3/c1-6-12(11-20-5)17-13-8-7-9-14(10-13)18-15(19)21-16(2,3)4/h7-10,12,17H,6,11H2,1-5H3,(H,18,19). The number of benzene rings is 1. The molecule has 0 aliphatic rings. The predicted octanol–water partition coefficient (Wildman–Crippen LogP) is 3.87. The van der Waals surface area contributed by atoms with Gasteiger partial charge < -0.3 is 14.8 Å². The first-order valence-electron chi connectivity index (χ1n) is 7.19. The van der Waals surface area contributed by atoms with Gasteiger partial charge in [0.05, 0.1) is 6.61 Å². The van der Waals surface area contributed by atoms with Gasteiger partial charge in [-0.2, -0.15) is 0 Å². The fourth-order valence-electron chi connectivity index (χ4n) is 1.81. The van der Waals surface area contributed by atoms with Crippen molar-refractivity contribution in [3.8, 4) is 0 Å². The SMILES string of the molecule is CCC(COC)Nc1cccc(NC(=O)OC(C)(C)C)c1. The minimum Gasteiger partial charge on any atom is -0.444 e. The first-order chi connectivity index (χ1) is 9.84. The van der Waals surface area contributed by atoms with Crippen LogP contribution in [0, 0.1) is 0 Å². The Morgan fingerprint density at radius 3 is 2.52 bits per heavy atom. The van der Waals surface area contributed by atoms with Gasteiger partial charge in [-0.15, -0.1) is 0 Å². The molecule has 0 saturated carbocycles. The Balaban J connectivity index is 2.65. The topological polar surface area (TPSA) is 59.6 Å². The van der Waals surface area contributed by atoms with E-state index >= 15 is 0 Å². The summed E-state index contributed by atoms with van der Waals surface area (Å²) in [6.45, 7) is 8.24. The highest BCUT2D eigenvalue weighted by molar-refractivity contribution is 5.85. The van der Waals surface area contributed by atoms with E-state index in [0.29, 0.717) is 12.3 Å². The number of methoxy groups -OCH3 is 1. The lowest BCUT2D eigenvalue weighted by Crippen LogP contribution is -2.27. The van der Waals surface area contributed by atoms with Crippen molar-refractivity contribution in [3.63, 3.8) is 0 Å². The second-order valence-corrected chi connectivity index (χ2v) is 5.91. The van der Waals surface area contributed by atoms with Crippen molar-refractivity contribution in [1.82, 2.24) is 0 Å². The lowest BCUT2D eigenvalue weighted by Gasteiger charge is -2.20. The van der Waals surface area contributed by atoms with Gasteiger partial charge in [-0.25, -0.2) is 4.79 Å². The van der Waals surface area contributed by atoms with Gasteiger partial charge in [0, 0.05) is 24.5 Å². The highest BCUT2D eigenvalue weighted by atomic mass is 16.6. The molecule has 0 aliphatic heterocycles. The lowest BCUT2D eigenvalue weighted by molar-refractivity contribution is 0.0636. The van der Waals surface area contributed by atoms with E-state index < -0.39 is 11.7 Å². The van der Waals surface area contributed by atoms with Crippen LogP contribution in [0.25, 0.3) is 0 Å². The average molecular weight is 294 g/mol. The Morgan fingerprint density at radius 2 is 1.95 bits per heavy atom. The molecule has 1 amide bonds. The van der Waals surface area contributed by atoms with Gasteiger partial charge in [-0.3, -0.25) is 5.32 Å². The van der Waals surface area contributed by atoms with Gasteiger partial charge in [-0.1, -0.05) is 13.0 Å². The third-order valence-electron chi connectivity index (χ3n) is 2.74. The Hall–Kier alpha value is -1.75. The molecule has 21 heavy (non-hydrogen) atoms. The van der Waals surface area contributed by atoms with Crippen LogP contribution in [0.3, 0.4) is 0 Å². The zero-order chi connectivity index (χ0) is 15.9. The average Bonchev–Trinajstić information content (AvgIpc) is 2.36. The minimum atomic E-state index is -0.508. The molecule has 0 heterocycles. The number of nitrogens with one attached hydrogen (secondary N) is 2. The molecule has 0 saturated heterocycles. The quantitative estimate of drug-likeness (QED) is 0.836. The molecule has 118 valence electrons. The third-order valence-corrected chi connectivity index (χ3v) is 2.74. The summed E-state index contributed by atoms with van der Waals surface area (Å²) >= 11 is 0. The van der Waals surface area contributed by atoms with E-state index in [1.807, 2.05) is 45.0 Å². The van der Waals surface area contributed by atoms with E-state index in [1.165, 1.54) is 0 Å². The molecular weight excluding hydrogens is 268 g/mol. The van der Waals surface area contributed by atoms with Crippen LogP contribution in [-0.2, 0) is 9.47 Å². The minimum absolute atomic E-state index is 0.242. The molecule has 1 atom stereocenters. The maximum Gasteiger partial charge on any atom is 0.412 e. The zero-order valence-electron chi connectivity index (χ0n) is 13.5. The Labute approximate surface area is 127 Å². The second kappa shape index (κ2) is 7.88. The maximum atomic E-state index is 11.7. The van der Waals surface area contributed by atoms with Crippen molar-refractivity contribution in [2.24, 2.45) is 0 Å². The second-order valence-electron chi connectivity index (χ2n) is 5.91. The number of hydrogen-bond acceptors (Lipinski definition) is 4. The molecule has 0 bridgehead atoms. The number of carbonyl (C=O) groups is 1. The fourth-order valence-corrected chi connectivity index (χ4v) is 1.81. The largest absolute Gasteiger partial charge is 0.444 e. The Bertz CT molecular complexity index is 455. The van der Waals surface area contributed by atoms with E-state index in [4.69, 9.17) is 9.47 Å². The van der Waals surface area contributed by atoms with Crippen LogP contribution in [0.4, 0.5) is 16.2 Å². The number of ether oxygens (including phenoxy) is 2. The Morgan fingerprint density at radius 1 is 1.29 bits per heavy atom. The molecule has 2 N–H and O–H groups in total. The number of anilines is 2. The van der Waals surface area contributed by atoms with Crippen molar-refractivity contribution >= 4 is 17.5 Å². The summed E-state index contributed by atoms with van der Waals surface area (Å²) in [5.41, 5.74) is 1.13. The van der Waals surface area contributed by atoms with Gasteiger partial charge in [0.15, 0.2) is 0 Å². The normalized spacial score (nSPS) is 12.6. The van der Waals surface area contributed by atoms with E-state index in [-0.39, 0.29) is 6.04 Å². The molecule has 1 aromatic carbocycles. The van der Waals surface area contributed by atoms with Gasteiger partial charge in [0.25, 0.3) is 0 Å².